The molecule has 3 aromatic rings. The molecule has 5 nitrogen and oxygen atoms in total. The van der Waals surface area contributed by atoms with E-state index in [1.807, 2.05) is 17.0 Å². The molecular weight excluding hydrogens is 420 g/mol. The van der Waals surface area contributed by atoms with Gasteiger partial charge in [-0.3, -0.25) is 4.90 Å². The topological polar surface area (TPSA) is 51.4 Å². The lowest BCUT2D eigenvalue weighted by Crippen LogP contribution is -2.50. The summed E-state index contributed by atoms with van der Waals surface area (Å²) in [6.45, 7) is 4.61. The predicted octanol–water partition coefficient (Wildman–Crippen LogP) is 5.37. The van der Waals surface area contributed by atoms with Gasteiger partial charge < -0.3 is 15.2 Å². The summed E-state index contributed by atoms with van der Waals surface area (Å²) in [6, 6.07) is 17.0. The normalized spacial score (nSPS) is 18.8. The molecule has 2 N–H and O–H groups in total. The highest BCUT2D eigenvalue weighted by Gasteiger charge is 2.27. The molecule has 0 aliphatic carbocycles. The third-order valence-corrected chi connectivity index (χ3v) is 7.33. The first-order chi connectivity index (χ1) is 15.7. The number of likely N-dealkylation sites (tertiary alicyclic amines) is 2. The summed E-state index contributed by atoms with van der Waals surface area (Å²) in [4.78, 5) is 20.7. The van der Waals surface area contributed by atoms with Gasteiger partial charge in [0.1, 0.15) is 0 Å². The van der Waals surface area contributed by atoms with Crippen LogP contribution in [0, 0.1) is 0 Å². The Morgan fingerprint density at radius 2 is 1.69 bits per heavy atom. The fraction of sp³-hybridized carbons (Fsp3) is 0.423. The van der Waals surface area contributed by atoms with Gasteiger partial charge in [-0.25, -0.2) is 4.79 Å². The SMILES string of the molecule is O=C(NC1CCN(Cc2ccc(Cl)cc2)CC1)N1CCC(c2c[nH]c3ccccc23)CC1. The minimum absolute atomic E-state index is 0.110. The number of piperidine rings is 2. The van der Waals surface area contributed by atoms with Crippen LogP contribution in [0.5, 0.6) is 0 Å². The molecule has 168 valence electrons. The van der Waals surface area contributed by atoms with Crippen molar-refractivity contribution >= 4 is 28.5 Å². The summed E-state index contributed by atoms with van der Waals surface area (Å²) in [5.41, 5.74) is 3.88. The summed E-state index contributed by atoms with van der Waals surface area (Å²) in [5.74, 6) is 0.520. The molecule has 6 heteroatoms. The van der Waals surface area contributed by atoms with Gasteiger partial charge in [0.2, 0.25) is 0 Å². The van der Waals surface area contributed by atoms with Gasteiger partial charge in [-0.05, 0) is 60.9 Å². The highest BCUT2D eigenvalue weighted by molar-refractivity contribution is 6.30. The third-order valence-electron chi connectivity index (χ3n) is 7.08. The zero-order valence-electron chi connectivity index (χ0n) is 18.4. The monoisotopic (exact) mass is 450 g/mol. The van der Waals surface area contributed by atoms with Gasteiger partial charge in [-0.1, -0.05) is 41.9 Å². The van der Waals surface area contributed by atoms with Crippen molar-refractivity contribution in [3.8, 4) is 0 Å². The number of carbonyl (C=O) groups excluding carboxylic acids is 1. The lowest BCUT2D eigenvalue weighted by Gasteiger charge is -2.36. The lowest BCUT2D eigenvalue weighted by molar-refractivity contribution is 0.159. The molecule has 0 spiro atoms. The van der Waals surface area contributed by atoms with Gasteiger partial charge in [-0.2, -0.15) is 0 Å². The van der Waals surface area contributed by atoms with Crippen LogP contribution in [0.15, 0.2) is 54.7 Å². The number of para-hydroxylation sites is 1. The average Bonchev–Trinajstić information content (AvgIpc) is 3.26. The third kappa shape index (κ3) is 4.79. The van der Waals surface area contributed by atoms with Crippen molar-refractivity contribution in [1.29, 1.82) is 0 Å². The molecule has 32 heavy (non-hydrogen) atoms. The molecular formula is C26H31ClN4O. The number of hydrogen-bond acceptors (Lipinski definition) is 2. The van der Waals surface area contributed by atoms with E-state index < -0.39 is 0 Å². The molecule has 1 aromatic heterocycles. The van der Waals surface area contributed by atoms with E-state index in [0.29, 0.717) is 5.92 Å². The fourth-order valence-electron chi connectivity index (χ4n) is 5.17. The molecule has 2 aromatic carbocycles. The minimum atomic E-state index is 0.110. The van der Waals surface area contributed by atoms with E-state index in [4.69, 9.17) is 11.6 Å². The number of carbonyl (C=O) groups is 1. The van der Waals surface area contributed by atoms with E-state index in [0.717, 1.165) is 63.4 Å². The summed E-state index contributed by atoms with van der Waals surface area (Å²) in [6.07, 6.45) is 6.21. The summed E-state index contributed by atoms with van der Waals surface area (Å²) >= 11 is 5.98. The Hall–Kier alpha value is -2.50. The molecule has 0 saturated carbocycles. The number of aromatic amines is 1. The summed E-state index contributed by atoms with van der Waals surface area (Å²) < 4.78 is 0. The van der Waals surface area contributed by atoms with Gasteiger partial charge in [0.05, 0.1) is 0 Å². The van der Waals surface area contributed by atoms with E-state index >= 15 is 0 Å². The average molecular weight is 451 g/mol. The van der Waals surface area contributed by atoms with E-state index in [1.54, 1.807) is 0 Å². The second-order valence-corrected chi connectivity index (χ2v) is 9.61. The number of aromatic nitrogens is 1. The largest absolute Gasteiger partial charge is 0.361 e. The van der Waals surface area contributed by atoms with Crippen LogP contribution in [0.3, 0.4) is 0 Å². The first-order valence-corrected chi connectivity index (χ1v) is 12.1. The minimum Gasteiger partial charge on any atom is -0.361 e. The molecule has 0 radical (unpaired) electrons. The van der Waals surface area contributed by atoms with Crippen LogP contribution in [0.1, 0.15) is 42.7 Å². The van der Waals surface area contributed by atoms with E-state index in [2.05, 4.69) is 57.8 Å². The van der Waals surface area contributed by atoms with Gasteiger partial charge in [-0.15, -0.1) is 0 Å². The Balaban J connectivity index is 1.08. The van der Waals surface area contributed by atoms with Crippen molar-refractivity contribution in [3.05, 3.63) is 70.9 Å². The molecule has 0 bridgehead atoms. The molecule has 5 rings (SSSR count). The van der Waals surface area contributed by atoms with Crippen molar-refractivity contribution in [3.63, 3.8) is 0 Å². The zero-order valence-corrected chi connectivity index (χ0v) is 19.2. The Morgan fingerprint density at radius 1 is 0.969 bits per heavy atom. The van der Waals surface area contributed by atoms with Gasteiger partial charge >= 0.3 is 6.03 Å². The van der Waals surface area contributed by atoms with Crippen LogP contribution >= 0.6 is 11.6 Å². The Labute approximate surface area is 194 Å². The van der Waals surface area contributed by atoms with Crippen LogP contribution < -0.4 is 5.32 Å². The maximum atomic E-state index is 12.9. The molecule has 0 unspecified atom stereocenters. The Morgan fingerprint density at radius 3 is 2.44 bits per heavy atom. The Kier molecular flexibility index (Phi) is 6.37. The second-order valence-electron chi connectivity index (χ2n) is 9.18. The van der Waals surface area contributed by atoms with Crippen LogP contribution in [0.4, 0.5) is 4.79 Å². The van der Waals surface area contributed by atoms with Crippen molar-refractivity contribution in [1.82, 2.24) is 20.1 Å². The quantitative estimate of drug-likeness (QED) is 0.561. The van der Waals surface area contributed by atoms with Crippen molar-refractivity contribution in [2.45, 2.75) is 44.2 Å². The molecule has 3 heterocycles. The maximum absolute atomic E-state index is 12.9. The number of urea groups is 1. The number of nitrogens with one attached hydrogen (secondary N) is 2. The van der Waals surface area contributed by atoms with Crippen LogP contribution in [0.2, 0.25) is 5.02 Å². The molecule has 2 amide bonds. The first kappa shape index (κ1) is 21.4. The number of hydrogen-bond donors (Lipinski definition) is 2. The number of nitrogens with zero attached hydrogens (tertiary/aromatic N) is 2. The van der Waals surface area contributed by atoms with Crippen LogP contribution in [0.25, 0.3) is 10.9 Å². The van der Waals surface area contributed by atoms with E-state index in [-0.39, 0.29) is 12.1 Å². The molecule has 0 atom stereocenters. The van der Waals surface area contributed by atoms with Crippen molar-refractivity contribution < 1.29 is 4.79 Å². The fourth-order valence-corrected chi connectivity index (χ4v) is 5.30. The predicted molar refractivity (Wildman–Crippen MR) is 130 cm³/mol. The Bertz CT molecular complexity index is 1050. The smallest absolute Gasteiger partial charge is 0.317 e. The van der Waals surface area contributed by atoms with Crippen LogP contribution in [-0.4, -0.2) is 53.0 Å². The van der Waals surface area contributed by atoms with Crippen LogP contribution in [-0.2, 0) is 6.54 Å². The van der Waals surface area contributed by atoms with Gasteiger partial charge in [0.15, 0.2) is 0 Å². The second kappa shape index (κ2) is 9.55. The number of H-pyrrole nitrogens is 1. The highest BCUT2D eigenvalue weighted by atomic mass is 35.5. The van der Waals surface area contributed by atoms with Gasteiger partial charge in [0.25, 0.3) is 0 Å². The lowest BCUT2D eigenvalue weighted by atomic mass is 9.89. The van der Waals surface area contributed by atoms with Crippen molar-refractivity contribution in [2.75, 3.05) is 26.2 Å². The molecule has 2 aliphatic heterocycles. The number of fused-ring (bicyclic) bond motifs is 1. The number of amides is 2. The highest BCUT2D eigenvalue weighted by Crippen LogP contribution is 2.33. The van der Waals surface area contributed by atoms with Crippen molar-refractivity contribution in [2.24, 2.45) is 0 Å². The summed E-state index contributed by atoms with van der Waals surface area (Å²) in [5, 5.41) is 5.39. The standard InChI is InChI=1S/C26H31ClN4O/c27-21-7-5-19(6-8-21)18-30-13-11-22(12-14-30)29-26(32)31-15-9-20(10-16-31)24-17-28-25-4-2-1-3-23(24)25/h1-8,17,20,22,28H,9-16,18H2,(H,29,32). The number of benzene rings is 2. The van der Waals surface area contributed by atoms with E-state index in [1.165, 1.54) is 22.0 Å². The molecule has 2 aliphatic rings. The van der Waals surface area contributed by atoms with Gasteiger partial charge in [0, 0.05) is 60.9 Å². The zero-order chi connectivity index (χ0) is 21.9. The van der Waals surface area contributed by atoms with E-state index in [9.17, 15) is 4.79 Å². The first-order valence-electron chi connectivity index (χ1n) is 11.7. The summed E-state index contributed by atoms with van der Waals surface area (Å²) in [7, 11) is 0. The number of halogens is 1. The number of rotatable bonds is 4. The molecule has 2 saturated heterocycles. The molecule has 2 fully saturated rings. The maximum Gasteiger partial charge on any atom is 0.317 e.